The van der Waals surface area contributed by atoms with E-state index in [0.29, 0.717) is 22.2 Å². The van der Waals surface area contributed by atoms with Gasteiger partial charge in [0.05, 0.1) is 0 Å². The summed E-state index contributed by atoms with van der Waals surface area (Å²) in [4.78, 5) is 12.1. The van der Waals surface area contributed by atoms with E-state index < -0.39 is 0 Å². The fraction of sp³-hybridized carbons (Fsp3) is 0.316. The van der Waals surface area contributed by atoms with Gasteiger partial charge in [0, 0.05) is 17.1 Å². The monoisotopic (exact) mass is 356 g/mol. The molecule has 1 aromatic carbocycles. The standard InChI is InChI=1S/C19H21ClN4O/c20-16-8-6-15(7-9-16)19(25)22-18-11-10-17(23-24-18)21-13-12-14-4-2-1-3-5-14/h4,6-11H,1-3,5,12-13H2,(H,21,23)(H,22,24,25). The Balaban J connectivity index is 1.49. The van der Waals surface area contributed by atoms with Gasteiger partial charge in [-0.25, -0.2) is 0 Å². The highest BCUT2D eigenvalue weighted by Gasteiger charge is 2.07. The lowest BCUT2D eigenvalue weighted by atomic mass is 9.97. The third kappa shape index (κ3) is 5.29. The maximum absolute atomic E-state index is 12.1. The number of amides is 1. The second kappa shape index (κ2) is 8.62. The third-order valence-corrected chi connectivity index (χ3v) is 4.40. The van der Waals surface area contributed by atoms with Gasteiger partial charge in [0.25, 0.3) is 5.91 Å². The van der Waals surface area contributed by atoms with Crippen LogP contribution < -0.4 is 10.6 Å². The largest absolute Gasteiger partial charge is 0.368 e. The molecule has 1 heterocycles. The van der Waals surface area contributed by atoms with Gasteiger partial charge in [-0.15, -0.1) is 10.2 Å². The lowest BCUT2D eigenvalue weighted by Gasteiger charge is -2.13. The van der Waals surface area contributed by atoms with E-state index in [9.17, 15) is 4.79 Å². The van der Waals surface area contributed by atoms with Crippen molar-refractivity contribution < 1.29 is 4.79 Å². The molecule has 0 bridgehead atoms. The van der Waals surface area contributed by atoms with E-state index in [4.69, 9.17) is 11.6 Å². The Morgan fingerprint density at radius 3 is 2.48 bits per heavy atom. The first-order chi connectivity index (χ1) is 12.2. The van der Waals surface area contributed by atoms with Crippen LogP contribution in [0.15, 0.2) is 48.0 Å². The summed E-state index contributed by atoms with van der Waals surface area (Å²) in [6.07, 6.45) is 8.42. The number of carbonyl (C=O) groups is 1. The molecule has 0 saturated heterocycles. The first kappa shape index (κ1) is 17.4. The zero-order valence-electron chi connectivity index (χ0n) is 14.0. The lowest BCUT2D eigenvalue weighted by molar-refractivity contribution is 0.102. The molecule has 0 radical (unpaired) electrons. The van der Waals surface area contributed by atoms with Crippen LogP contribution in [0.2, 0.25) is 5.02 Å². The Labute approximate surface area is 152 Å². The van der Waals surface area contributed by atoms with E-state index in [1.54, 1.807) is 30.3 Å². The van der Waals surface area contributed by atoms with Crippen LogP contribution in [0.5, 0.6) is 0 Å². The molecule has 0 unspecified atom stereocenters. The molecule has 2 aromatic rings. The number of aromatic nitrogens is 2. The van der Waals surface area contributed by atoms with Crippen LogP contribution in [0.4, 0.5) is 11.6 Å². The number of halogens is 1. The number of nitrogens with one attached hydrogen (secondary N) is 2. The molecule has 0 spiro atoms. The van der Waals surface area contributed by atoms with Gasteiger partial charge >= 0.3 is 0 Å². The summed E-state index contributed by atoms with van der Waals surface area (Å²) in [6.45, 7) is 0.844. The van der Waals surface area contributed by atoms with Crippen LogP contribution in [0.25, 0.3) is 0 Å². The number of rotatable bonds is 6. The summed E-state index contributed by atoms with van der Waals surface area (Å²) in [5.74, 6) is 0.886. The van der Waals surface area contributed by atoms with Crippen molar-refractivity contribution >= 4 is 29.1 Å². The molecular weight excluding hydrogens is 336 g/mol. The summed E-state index contributed by atoms with van der Waals surface area (Å²) in [5.41, 5.74) is 2.05. The minimum Gasteiger partial charge on any atom is -0.368 e. The van der Waals surface area contributed by atoms with E-state index in [0.717, 1.165) is 13.0 Å². The molecule has 130 valence electrons. The number of hydrogen-bond acceptors (Lipinski definition) is 4. The predicted octanol–water partition coefficient (Wildman–Crippen LogP) is 4.68. The van der Waals surface area contributed by atoms with Gasteiger partial charge < -0.3 is 10.6 Å². The number of benzene rings is 1. The van der Waals surface area contributed by atoms with E-state index in [1.165, 1.54) is 31.3 Å². The van der Waals surface area contributed by atoms with Gasteiger partial charge in [0.2, 0.25) is 0 Å². The molecular formula is C19H21ClN4O. The molecule has 0 atom stereocenters. The lowest BCUT2D eigenvalue weighted by Crippen LogP contribution is -2.13. The molecule has 2 N–H and O–H groups in total. The van der Waals surface area contributed by atoms with Crippen molar-refractivity contribution in [2.24, 2.45) is 0 Å². The van der Waals surface area contributed by atoms with Crippen molar-refractivity contribution in [2.45, 2.75) is 32.1 Å². The topological polar surface area (TPSA) is 66.9 Å². The minimum atomic E-state index is -0.240. The minimum absolute atomic E-state index is 0.240. The second-order valence-corrected chi connectivity index (χ2v) is 6.49. The van der Waals surface area contributed by atoms with Crippen molar-refractivity contribution in [3.8, 4) is 0 Å². The number of anilines is 2. The van der Waals surface area contributed by atoms with E-state index in [2.05, 4.69) is 26.9 Å². The molecule has 1 aliphatic carbocycles. The Morgan fingerprint density at radius 1 is 1.04 bits per heavy atom. The average molecular weight is 357 g/mol. The molecule has 0 aliphatic heterocycles. The fourth-order valence-corrected chi connectivity index (χ4v) is 2.89. The van der Waals surface area contributed by atoms with Crippen LogP contribution in [0.1, 0.15) is 42.5 Å². The quantitative estimate of drug-likeness (QED) is 0.737. The Bertz CT molecular complexity index is 741. The number of carbonyl (C=O) groups excluding carboxylic acids is 1. The van der Waals surface area contributed by atoms with Crippen molar-refractivity contribution in [3.63, 3.8) is 0 Å². The summed E-state index contributed by atoms with van der Waals surface area (Å²) in [7, 11) is 0. The molecule has 1 aromatic heterocycles. The van der Waals surface area contributed by atoms with Gasteiger partial charge in [-0.05, 0) is 68.5 Å². The molecule has 25 heavy (non-hydrogen) atoms. The third-order valence-electron chi connectivity index (χ3n) is 4.15. The Hall–Kier alpha value is -2.40. The van der Waals surface area contributed by atoms with Crippen LogP contribution in [-0.2, 0) is 0 Å². The molecule has 5 nitrogen and oxygen atoms in total. The van der Waals surface area contributed by atoms with Crippen molar-refractivity contribution in [2.75, 3.05) is 17.2 Å². The normalized spacial score (nSPS) is 13.9. The van der Waals surface area contributed by atoms with Gasteiger partial charge in [-0.1, -0.05) is 23.3 Å². The highest BCUT2D eigenvalue weighted by atomic mass is 35.5. The maximum Gasteiger partial charge on any atom is 0.256 e. The van der Waals surface area contributed by atoms with Gasteiger partial charge in [0.1, 0.15) is 5.82 Å². The summed E-state index contributed by atoms with van der Waals surface area (Å²) in [5, 5.41) is 14.7. The highest BCUT2D eigenvalue weighted by molar-refractivity contribution is 6.30. The smallest absolute Gasteiger partial charge is 0.256 e. The second-order valence-electron chi connectivity index (χ2n) is 6.05. The summed E-state index contributed by atoms with van der Waals surface area (Å²) < 4.78 is 0. The Kier molecular flexibility index (Phi) is 6.01. The molecule has 0 saturated carbocycles. The summed E-state index contributed by atoms with van der Waals surface area (Å²) in [6, 6.07) is 10.2. The summed E-state index contributed by atoms with van der Waals surface area (Å²) >= 11 is 5.82. The number of nitrogens with zero attached hydrogens (tertiary/aromatic N) is 2. The molecule has 1 aliphatic rings. The van der Waals surface area contributed by atoms with Crippen LogP contribution in [0, 0.1) is 0 Å². The molecule has 0 fully saturated rings. The van der Waals surface area contributed by atoms with E-state index in [-0.39, 0.29) is 5.91 Å². The van der Waals surface area contributed by atoms with Gasteiger partial charge in [0.15, 0.2) is 5.82 Å². The SMILES string of the molecule is O=C(Nc1ccc(NCCC2=CCCCC2)nn1)c1ccc(Cl)cc1. The maximum atomic E-state index is 12.1. The van der Waals surface area contributed by atoms with Crippen molar-refractivity contribution in [1.82, 2.24) is 10.2 Å². The number of allylic oxidation sites excluding steroid dienone is 1. The van der Waals surface area contributed by atoms with E-state index >= 15 is 0 Å². The van der Waals surface area contributed by atoms with Gasteiger partial charge in [-0.2, -0.15) is 0 Å². The van der Waals surface area contributed by atoms with Crippen molar-refractivity contribution in [1.29, 1.82) is 0 Å². The highest BCUT2D eigenvalue weighted by Crippen LogP contribution is 2.20. The fourth-order valence-electron chi connectivity index (χ4n) is 2.77. The predicted molar refractivity (Wildman–Crippen MR) is 101 cm³/mol. The van der Waals surface area contributed by atoms with Crippen LogP contribution in [-0.4, -0.2) is 22.6 Å². The van der Waals surface area contributed by atoms with E-state index in [1.807, 2.05) is 6.07 Å². The zero-order valence-corrected chi connectivity index (χ0v) is 14.7. The first-order valence-corrected chi connectivity index (χ1v) is 8.91. The first-order valence-electron chi connectivity index (χ1n) is 8.53. The van der Waals surface area contributed by atoms with Crippen LogP contribution in [0.3, 0.4) is 0 Å². The Morgan fingerprint density at radius 2 is 1.80 bits per heavy atom. The van der Waals surface area contributed by atoms with Gasteiger partial charge in [-0.3, -0.25) is 4.79 Å². The van der Waals surface area contributed by atoms with Crippen molar-refractivity contribution in [3.05, 3.63) is 58.6 Å². The molecule has 3 rings (SSSR count). The van der Waals surface area contributed by atoms with Crippen LogP contribution >= 0.6 is 11.6 Å². The average Bonchev–Trinajstić information content (AvgIpc) is 2.64. The molecule has 6 heteroatoms. The zero-order chi connectivity index (χ0) is 17.5. The number of hydrogen-bond donors (Lipinski definition) is 2. The molecule has 1 amide bonds.